The lowest BCUT2D eigenvalue weighted by atomic mass is 9.98. The first-order chi connectivity index (χ1) is 12.3. The summed E-state index contributed by atoms with van der Waals surface area (Å²) in [4.78, 5) is 7.87. The third-order valence-electron chi connectivity index (χ3n) is 4.79. The van der Waals surface area contributed by atoms with E-state index in [2.05, 4.69) is 39.3 Å². The molecule has 5 heteroatoms. The molecule has 0 atom stereocenters. The van der Waals surface area contributed by atoms with Crippen LogP contribution in [-0.2, 0) is 13.5 Å². The zero-order valence-corrected chi connectivity index (χ0v) is 14.0. The molecule has 1 aromatic carbocycles. The fourth-order valence-corrected chi connectivity index (χ4v) is 3.50. The highest BCUT2D eigenvalue weighted by Gasteiger charge is 2.14. The lowest BCUT2D eigenvalue weighted by Crippen LogP contribution is -2.07. The molecule has 0 unspecified atom stereocenters. The molecule has 3 aromatic heterocycles. The van der Waals surface area contributed by atoms with Gasteiger partial charge in [-0.15, -0.1) is 0 Å². The smallest absolute Gasteiger partial charge is 0.137 e. The summed E-state index contributed by atoms with van der Waals surface area (Å²) in [5.74, 6) is 1.02. The number of benzene rings is 1. The molecular formula is C20H18N4O. The molecule has 0 radical (unpaired) electrons. The third kappa shape index (κ3) is 2.39. The van der Waals surface area contributed by atoms with Gasteiger partial charge in [-0.25, -0.2) is 4.98 Å². The molecule has 5 rings (SSSR count). The third-order valence-corrected chi connectivity index (χ3v) is 4.79. The van der Waals surface area contributed by atoms with E-state index >= 15 is 0 Å². The van der Waals surface area contributed by atoms with E-state index < -0.39 is 0 Å². The van der Waals surface area contributed by atoms with Crippen LogP contribution in [0.2, 0.25) is 0 Å². The van der Waals surface area contributed by atoms with Gasteiger partial charge in [0.05, 0.1) is 12.8 Å². The van der Waals surface area contributed by atoms with Gasteiger partial charge in [-0.2, -0.15) is 5.10 Å². The molecule has 0 aliphatic carbocycles. The van der Waals surface area contributed by atoms with Crippen LogP contribution in [0.5, 0.6) is 5.75 Å². The molecule has 0 saturated carbocycles. The van der Waals surface area contributed by atoms with Crippen molar-refractivity contribution in [2.75, 3.05) is 6.61 Å². The summed E-state index contributed by atoms with van der Waals surface area (Å²) in [5.41, 5.74) is 6.69. The Morgan fingerprint density at radius 3 is 2.96 bits per heavy atom. The van der Waals surface area contributed by atoms with Crippen molar-refractivity contribution in [3.63, 3.8) is 0 Å². The SMILES string of the molecule is Cn1cc(-c2cnc3[nH]cc(-c4ccc5c(c4)CCCO5)c3c2)cn1. The van der Waals surface area contributed by atoms with Crippen molar-refractivity contribution in [2.24, 2.45) is 7.05 Å². The van der Waals surface area contributed by atoms with Gasteiger partial charge < -0.3 is 9.72 Å². The van der Waals surface area contributed by atoms with Gasteiger partial charge in [0.1, 0.15) is 11.4 Å². The summed E-state index contributed by atoms with van der Waals surface area (Å²) in [6.45, 7) is 0.817. The van der Waals surface area contributed by atoms with Gasteiger partial charge in [-0.05, 0) is 42.2 Å². The van der Waals surface area contributed by atoms with Gasteiger partial charge in [-0.1, -0.05) is 6.07 Å². The van der Waals surface area contributed by atoms with Gasteiger partial charge in [0.15, 0.2) is 0 Å². The van der Waals surface area contributed by atoms with E-state index in [9.17, 15) is 0 Å². The van der Waals surface area contributed by atoms with Crippen molar-refractivity contribution >= 4 is 11.0 Å². The normalized spacial score (nSPS) is 13.6. The molecule has 124 valence electrons. The Bertz CT molecular complexity index is 1080. The maximum absolute atomic E-state index is 5.73. The van der Waals surface area contributed by atoms with Crippen molar-refractivity contribution in [1.29, 1.82) is 0 Å². The second-order valence-electron chi connectivity index (χ2n) is 6.50. The van der Waals surface area contributed by atoms with E-state index in [1.54, 1.807) is 4.68 Å². The number of ether oxygens (including phenoxy) is 1. The van der Waals surface area contributed by atoms with Gasteiger partial charge >= 0.3 is 0 Å². The molecule has 4 aromatic rings. The molecular weight excluding hydrogens is 312 g/mol. The summed E-state index contributed by atoms with van der Waals surface area (Å²) in [6, 6.07) is 8.64. The number of aryl methyl sites for hydroxylation is 2. The van der Waals surface area contributed by atoms with Crippen LogP contribution in [0.4, 0.5) is 0 Å². The summed E-state index contributed by atoms with van der Waals surface area (Å²) < 4.78 is 7.54. The summed E-state index contributed by atoms with van der Waals surface area (Å²) in [5, 5.41) is 5.38. The molecule has 0 saturated heterocycles. The number of aromatic nitrogens is 4. The minimum absolute atomic E-state index is 0.817. The second kappa shape index (κ2) is 5.48. The Morgan fingerprint density at radius 1 is 1.12 bits per heavy atom. The molecule has 0 bridgehead atoms. The van der Waals surface area contributed by atoms with E-state index in [4.69, 9.17) is 4.74 Å². The molecule has 1 aliphatic heterocycles. The number of nitrogens with one attached hydrogen (secondary N) is 1. The van der Waals surface area contributed by atoms with Crippen molar-refractivity contribution in [1.82, 2.24) is 19.7 Å². The number of hydrogen-bond donors (Lipinski definition) is 1. The minimum atomic E-state index is 0.817. The fraction of sp³-hybridized carbons (Fsp3) is 0.200. The van der Waals surface area contributed by atoms with Gasteiger partial charge in [-0.3, -0.25) is 4.68 Å². The quantitative estimate of drug-likeness (QED) is 0.605. The van der Waals surface area contributed by atoms with Crippen LogP contribution in [0.25, 0.3) is 33.3 Å². The van der Waals surface area contributed by atoms with E-state index in [0.29, 0.717) is 0 Å². The Labute approximate surface area is 145 Å². The van der Waals surface area contributed by atoms with E-state index in [1.165, 1.54) is 16.7 Å². The van der Waals surface area contributed by atoms with Crippen LogP contribution in [-0.4, -0.2) is 26.4 Å². The van der Waals surface area contributed by atoms with Crippen molar-refractivity contribution in [3.05, 3.63) is 54.6 Å². The zero-order valence-electron chi connectivity index (χ0n) is 14.0. The Hall–Kier alpha value is -3.08. The predicted octanol–water partition coefficient (Wildman–Crippen LogP) is 3.96. The molecule has 0 amide bonds. The largest absolute Gasteiger partial charge is 0.493 e. The number of aromatic amines is 1. The number of hydrogen-bond acceptors (Lipinski definition) is 3. The maximum atomic E-state index is 5.73. The van der Waals surface area contributed by atoms with Crippen LogP contribution in [0.1, 0.15) is 12.0 Å². The fourth-order valence-electron chi connectivity index (χ4n) is 3.50. The molecule has 4 heterocycles. The predicted molar refractivity (Wildman–Crippen MR) is 97.5 cm³/mol. The number of H-pyrrole nitrogens is 1. The van der Waals surface area contributed by atoms with Crippen LogP contribution in [0, 0.1) is 0 Å². The first-order valence-corrected chi connectivity index (χ1v) is 8.50. The second-order valence-corrected chi connectivity index (χ2v) is 6.50. The first kappa shape index (κ1) is 14.3. The highest BCUT2D eigenvalue weighted by molar-refractivity contribution is 5.96. The average Bonchev–Trinajstić information content (AvgIpc) is 3.27. The number of pyridine rings is 1. The molecule has 1 N–H and O–H groups in total. The summed E-state index contributed by atoms with van der Waals surface area (Å²) >= 11 is 0. The van der Waals surface area contributed by atoms with Crippen LogP contribution in [0.15, 0.2) is 49.1 Å². The van der Waals surface area contributed by atoms with Gasteiger partial charge in [0.25, 0.3) is 0 Å². The number of fused-ring (bicyclic) bond motifs is 2. The maximum Gasteiger partial charge on any atom is 0.137 e. The van der Waals surface area contributed by atoms with E-state index in [0.717, 1.165) is 47.4 Å². The van der Waals surface area contributed by atoms with Crippen LogP contribution < -0.4 is 4.74 Å². The Morgan fingerprint density at radius 2 is 2.08 bits per heavy atom. The topological polar surface area (TPSA) is 55.7 Å². The monoisotopic (exact) mass is 330 g/mol. The van der Waals surface area contributed by atoms with E-state index in [1.807, 2.05) is 31.8 Å². The highest BCUT2D eigenvalue weighted by atomic mass is 16.5. The summed E-state index contributed by atoms with van der Waals surface area (Å²) in [7, 11) is 1.92. The van der Waals surface area contributed by atoms with Crippen molar-refractivity contribution < 1.29 is 4.74 Å². The molecule has 0 spiro atoms. The van der Waals surface area contributed by atoms with Crippen molar-refractivity contribution in [2.45, 2.75) is 12.8 Å². The standard InChI is InChI=1S/C20H18N4O/c1-24-12-16(10-23-24)15-8-17-18(11-22-20(17)21-9-15)13-4-5-19-14(7-13)3-2-6-25-19/h4-5,7-12H,2-3,6H2,1H3,(H,21,22). The molecule has 25 heavy (non-hydrogen) atoms. The van der Waals surface area contributed by atoms with Crippen molar-refractivity contribution in [3.8, 4) is 28.0 Å². The average molecular weight is 330 g/mol. The zero-order chi connectivity index (χ0) is 16.8. The van der Waals surface area contributed by atoms with Crippen LogP contribution in [0.3, 0.4) is 0 Å². The Kier molecular flexibility index (Phi) is 3.13. The lowest BCUT2D eigenvalue weighted by molar-refractivity contribution is 0.288. The number of nitrogens with zero attached hydrogens (tertiary/aromatic N) is 3. The van der Waals surface area contributed by atoms with Gasteiger partial charge in [0.2, 0.25) is 0 Å². The number of rotatable bonds is 2. The van der Waals surface area contributed by atoms with Crippen LogP contribution >= 0.6 is 0 Å². The minimum Gasteiger partial charge on any atom is -0.493 e. The van der Waals surface area contributed by atoms with E-state index in [-0.39, 0.29) is 0 Å². The summed E-state index contributed by atoms with van der Waals surface area (Å²) in [6.07, 6.45) is 9.95. The lowest BCUT2D eigenvalue weighted by Gasteiger charge is -2.17. The van der Waals surface area contributed by atoms with Gasteiger partial charge in [0, 0.05) is 47.7 Å². The Balaban J connectivity index is 1.64. The molecule has 1 aliphatic rings. The first-order valence-electron chi connectivity index (χ1n) is 8.50. The molecule has 5 nitrogen and oxygen atoms in total. The molecule has 0 fully saturated rings. The highest BCUT2D eigenvalue weighted by Crippen LogP contribution is 2.34.